The second kappa shape index (κ2) is 7.68. The Kier molecular flexibility index (Phi) is 4.84. The lowest BCUT2D eigenvalue weighted by atomic mass is 10.2. The molecule has 3 aromatic heterocycles. The van der Waals surface area contributed by atoms with E-state index < -0.39 is 5.54 Å². The second-order valence-electron chi connectivity index (χ2n) is 7.14. The van der Waals surface area contributed by atoms with Gasteiger partial charge in [-0.3, -0.25) is 4.79 Å². The molecule has 0 bridgehead atoms. The molecule has 1 fully saturated rings. The van der Waals surface area contributed by atoms with Crippen molar-refractivity contribution in [3.8, 4) is 17.5 Å². The van der Waals surface area contributed by atoms with Crippen LogP contribution in [0.2, 0.25) is 5.02 Å². The molecule has 0 aliphatic heterocycles. The molecule has 1 N–H and O–H groups in total. The molecule has 1 aliphatic carbocycles. The minimum atomic E-state index is -0.718. The summed E-state index contributed by atoms with van der Waals surface area (Å²) in [6.45, 7) is 0. The van der Waals surface area contributed by atoms with Crippen molar-refractivity contribution < 1.29 is 9.21 Å². The summed E-state index contributed by atoms with van der Waals surface area (Å²) >= 11 is 8.02. The molecule has 31 heavy (non-hydrogen) atoms. The van der Waals surface area contributed by atoms with E-state index in [4.69, 9.17) is 21.3 Å². The quantitative estimate of drug-likeness (QED) is 0.473. The molecule has 4 aromatic rings. The van der Waals surface area contributed by atoms with E-state index in [2.05, 4.69) is 36.5 Å². The van der Waals surface area contributed by atoms with Crippen molar-refractivity contribution in [2.24, 2.45) is 0 Å². The van der Waals surface area contributed by atoms with Crippen LogP contribution in [-0.2, 0) is 17.6 Å². The van der Waals surface area contributed by atoms with Crippen LogP contribution >= 0.6 is 22.9 Å². The van der Waals surface area contributed by atoms with Gasteiger partial charge in [0.15, 0.2) is 5.82 Å². The Hall–Kier alpha value is -3.42. The average molecular weight is 452 g/mol. The predicted octanol–water partition coefficient (Wildman–Crippen LogP) is 3.10. The summed E-state index contributed by atoms with van der Waals surface area (Å²) < 4.78 is 6.42. The first kappa shape index (κ1) is 19.5. The number of carbonyl (C=O) groups excluding carboxylic acids is 1. The van der Waals surface area contributed by atoms with Gasteiger partial charge in [-0.05, 0) is 31.0 Å². The number of carbonyl (C=O) groups is 1. The molecule has 1 aliphatic rings. The molecule has 0 atom stereocenters. The third-order valence-electron chi connectivity index (χ3n) is 4.81. The number of nitrogens with one attached hydrogen (secondary N) is 1. The molecule has 3 heterocycles. The number of thiazole rings is 1. The summed E-state index contributed by atoms with van der Waals surface area (Å²) in [5.74, 6) is 0.792. The molecular weight excluding hydrogens is 438 g/mol. The third-order valence-corrected chi connectivity index (χ3v) is 6.41. The maximum absolute atomic E-state index is 12.1. The van der Waals surface area contributed by atoms with E-state index in [1.54, 1.807) is 18.5 Å². The first-order chi connectivity index (χ1) is 15.0. The van der Waals surface area contributed by atoms with Gasteiger partial charge in [-0.2, -0.15) is 5.26 Å². The monoisotopic (exact) mass is 451 g/mol. The van der Waals surface area contributed by atoms with Crippen LogP contribution in [0, 0.1) is 11.3 Å². The number of halogens is 1. The molecule has 5 rings (SSSR count). The lowest BCUT2D eigenvalue weighted by Crippen LogP contribution is -2.36. The highest BCUT2D eigenvalue weighted by Crippen LogP contribution is 2.36. The van der Waals surface area contributed by atoms with Crippen molar-refractivity contribution in [1.82, 2.24) is 30.5 Å². The Balaban J connectivity index is 1.31. The largest absolute Gasteiger partial charge is 0.424 e. The van der Waals surface area contributed by atoms with Crippen LogP contribution in [0.15, 0.2) is 35.0 Å². The van der Waals surface area contributed by atoms with E-state index in [-0.39, 0.29) is 18.2 Å². The highest BCUT2D eigenvalue weighted by Gasteiger charge is 2.44. The number of aromatic nitrogens is 5. The molecular formula is C20H14ClN7O2S. The van der Waals surface area contributed by atoms with Gasteiger partial charge in [0.1, 0.15) is 17.0 Å². The minimum absolute atomic E-state index is 0.0669. The maximum atomic E-state index is 12.1. The Morgan fingerprint density at radius 3 is 2.77 bits per heavy atom. The Labute approximate surface area is 185 Å². The van der Waals surface area contributed by atoms with Gasteiger partial charge in [-0.25, -0.2) is 15.0 Å². The number of nitriles is 1. The van der Waals surface area contributed by atoms with Crippen LogP contribution in [0.4, 0.5) is 0 Å². The Morgan fingerprint density at radius 2 is 2.03 bits per heavy atom. The van der Waals surface area contributed by atoms with Crippen molar-refractivity contribution in [2.75, 3.05) is 0 Å². The van der Waals surface area contributed by atoms with Gasteiger partial charge >= 0.3 is 0 Å². The zero-order valence-electron chi connectivity index (χ0n) is 16.0. The van der Waals surface area contributed by atoms with Crippen molar-refractivity contribution in [3.63, 3.8) is 0 Å². The number of benzene rings is 1. The predicted molar refractivity (Wildman–Crippen MR) is 112 cm³/mol. The van der Waals surface area contributed by atoms with E-state index in [0.29, 0.717) is 36.0 Å². The van der Waals surface area contributed by atoms with E-state index in [1.807, 2.05) is 12.1 Å². The summed E-state index contributed by atoms with van der Waals surface area (Å²) in [4.78, 5) is 25.2. The van der Waals surface area contributed by atoms with Crippen LogP contribution in [0.1, 0.15) is 29.6 Å². The fourth-order valence-corrected chi connectivity index (χ4v) is 4.44. The smallest absolute Gasteiger partial charge is 0.230 e. The molecule has 1 saturated carbocycles. The Morgan fingerprint density at radius 1 is 1.26 bits per heavy atom. The van der Waals surface area contributed by atoms with E-state index >= 15 is 0 Å². The summed E-state index contributed by atoms with van der Waals surface area (Å²) in [6, 6.07) is 7.58. The highest BCUT2D eigenvalue weighted by molar-refractivity contribution is 7.19. The number of rotatable bonds is 6. The lowest BCUT2D eigenvalue weighted by Gasteiger charge is -2.06. The van der Waals surface area contributed by atoms with Gasteiger partial charge in [0.25, 0.3) is 0 Å². The molecule has 11 heteroatoms. The van der Waals surface area contributed by atoms with Gasteiger partial charge in [0, 0.05) is 18.0 Å². The molecule has 9 nitrogen and oxygen atoms in total. The molecule has 1 aromatic carbocycles. The molecule has 0 saturated heterocycles. The normalized spacial score (nSPS) is 14.3. The van der Waals surface area contributed by atoms with Crippen LogP contribution in [-0.4, -0.2) is 36.6 Å². The molecule has 0 radical (unpaired) electrons. The van der Waals surface area contributed by atoms with Crippen LogP contribution in [0.3, 0.4) is 0 Å². The van der Waals surface area contributed by atoms with Crippen molar-refractivity contribution in [2.45, 2.75) is 31.2 Å². The topological polar surface area (TPSA) is 130 Å². The Bertz CT molecular complexity index is 1320. The van der Waals surface area contributed by atoms with Crippen LogP contribution in [0.25, 0.3) is 21.6 Å². The van der Waals surface area contributed by atoms with Crippen molar-refractivity contribution in [3.05, 3.63) is 52.4 Å². The summed E-state index contributed by atoms with van der Waals surface area (Å²) in [7, 11) is 0. The fraction of sp³-hybridized carbons (Fsp3) is 0.250. The standard InChI is InChI=1S/C20H14ClN7O2S/c21-17-11(19-23-6-1-7-24-19)2-3-12-18(17)31-16(25-12)9-15-28-27-14(30-15)8-13(29)26-20(10-22)4-5-20/h1-3,6-7H,4-5,8-9H2,(H,26,29). The SMILES string of the molecule is N#CC1(NC(=O)Cc2nnc(Cc3nc4ccc(-c5ncccn5)c(Cl)c4s3)o2)CC1. The molecule has 0 unspecified atom stereocenters. The second-order valence-corrected chi connectivity index (χ2v) is 8.60. The van der Waals surface area contributed by atoms with Gasteiger partial charge < -0.3 is 9.73 Å². The summed E-state index contributed by atoms with van der Waals surface area (Å²) in [5, 5.41) is 21.0. The van der Waals surface area contributed by atoms with Crippen molar-refractivity contribution in [1.29, 1.82) is 5.26 Å². The minimum Gasteiger partial charge on any atom is -0.424 e. The summed E-state index contributed by atoms with van der Waals surface area (Å²) in [6.07, 6.45) is 4.93. The van der Waals surface area contributed by atoms with E-state index in [9.17, 15) is 4.79 Å². The highest BCUT2D eigenvalue weighted by atomic mass is 35.5. The zero-order valence-corrected chi connectivity index (χ0v) is 17.6. The van der Waals surface area contributed by atoms with Crippen LogP contribution < -0.4 is 5.32 Å². The average Bonchev–Trinajstić information content (AvgIpc) is 3.20. The number of hydrogen-bond donors (Lipinski definition) is 1. The van der Waals surface area contributed by atoms with Gasteiger partial charge in [-0.1, -0.05) is 11.6 Å². The molecule has 154 valence electrons. The molecule has 1 amide bonds. The summed E-state index contributed by atoms with van der Waals surface area (Å²) in [5.41, 5.74) is 0.779. The number of amides is 1. The zero-order chi connectivity index (χ0) is 21.4. The lowest BCUT2D eigenvalue weighted by molar-refractivity contribution is -0.121. The number of hydrogen-bond acceptors (Lipinski definition) is 9. The molecule has 0 spiro atoms. The number of nitrogens with zero attached hydrogens (tertiary/aromatic N) is 6. The van der Waals surface area contributed by atoms with Crippen molar-refractivity contribution >= 4 is 39.1 Å². The number of fused-ring (bicyclic) bond motifs is 1. The van der Waals surface area contributed by atoms with E-state index in [1.165, 1.54) is 11.3 Å². The first-order valence-electron chi connectivity index (χ1n) is 9.44. The third kappa shape index (κ3) is 3.97. The van der Waals surface area contributed by atoms with Crippen LogP contribution in [0.5, 0.6) is 0 Å². The van der Waals surface area contributed by atoms with Gasteiger partial charge in [0.05, 0.1) is 27.7 Å². The van der Waals surface area contributed by atoms with Gasteiger partial charge in [-0.15, -0.1) is 21.5 Å². The van der Waals surface area contributed by atoms with E-state index in [0.717, 1.165) is 20.8 Å². The van der Waals surface area contributed by atoms with Gasteiger partial charge in [0.2, 0.25) is 17.7 Å². The first-order valence-corrected chi connectivity index (χ1v) is 10.6. The fourth-order valence-electron chi connectivity index (χ4n) is 3.09. The maximum Gasteiger partial charge on any atom is 0.230 e.